The first kappa shape index (κ1) is 22.4. The summed E-state index contributed by atoms with van der Waals surface area (Å²) in [7, 11) is 3.75. The monoisotopic (exact) mass is 432 g/mol. The van der Waals surface area contributed by atoms with Crippen molar-refractivity contribution < 1.29 is 9.59 Å². The van der Waals surface area contributed by atoms with Crippen LogP contribution < -0.4 is 5.32 Å². The number of hydrogen-bond donors (Lipinski definition) is 1. The van der Waals surface area contributed by atoms with Crippen molar-refractivity contribution in [3.05, 3.63) is 33.5 Å². The Hall–Kier alpha value is -2.26. The van der Waals surface area contributed by atoms with E-state index in [4.69, 9.17) is 0 Å². The molecule has 3 heterocycles. The molecule has 0 spiro atoms. The predicted octanol–water partition coefficient (Wildman–Crippen LogP) is 2.11. The van der Waals surface area contributed by atoms with E-state index >= 15 is 0 Å². The van der Waals surface area contributed by atoms with Gasteiger partial charge in [-0.25, -0.2) is 0 Å². The molecule has 2 amide bonds. The van der Waals surface area contributed by atoms with Crippen LogP contribution in [-0.4, -0.2) is 70.1 Å². The van der Waals surface area contributed by atoms with Gasteiger partial charge in [-0.15, -0.1) is 21.5 Å². The Morgan fingerprint density at radius 2 is 1.97 bits per heavy atom. The molecule has 0 radical (unpaired) electrons. The summed E-state index contributed by atoms with van der Waals surface area (Å²) >= 11 is 1.53. The standard InChI is InChI=1S/C21H32N6O2S/c1-14(2)12-16(22-19(28)13-25(4)5)20-24-23-18-8-9-26(10-11-27(18)20)21(29)17-7-6-15(3)30-17/h6-7,14,16H,8-13H2,1-5H3,(H,22,28). The first-order valence-electron chi connectivity index (χ1n) is 10.5. The summed E-state index contributed by atoms with van der Waals surface area (Å²) in [6.07, 6.45) is 1.44. The molecule has 3 rings (SSSR count). The van der Waals surface area contributed by atoms with Gasteiger partial charge >= 0.3 is 0 Å². The van der Waals surface area contributed by atoms with Gasteiger partial charge in [0.2, 0.25) is 5.91 Å². The Morgan fingerprint density at radius 1 is 1.20 bits per heavy atom. The van der Waals surface area contributed by atoms with Crippen molar-refractivity contribution >= 4 is 23.2 Å². The van der Waals surface area contributed by atoms with Crippen molar-refractivity contribution in [2.24, 2.45) is 5.92 Å². The maximum Gasteiger partial charge on any atom is 0.264 e. The zero-order chi connectivity index (χ0) is 21.8. The number of hydrogen-bond acceptors (Lipinski definition) is 6. The number of carbonyl (C=O) groups excluding carboxylic acids is 2. The Balaban J connectivity index is 1.76. The summed E-state index contributed by atoms with van der Waals surface area (Å²) in [6.45, 7) is 8.47. The number of likely N-dealkylation sites (N-methyl/N-ethyl adjacent to an activating group) is 1. The van der Waals surface area contributed by atoms with E-state index in [1.165, 1.54) is 11.3 Å². The molecule has 2 aromatic rings. The average molecular weight is 433 g/mol. The molecule has 30 heavy (non-hydrogen) atoms. The average Bonchev–Trinajstić information content (AvgIpc) is 3.20. The third-order valence-electron chi connectivity index (χ3n) is 5.11. The van der Waals surface area contributed by atoms with E-state index in [2.05, 4.69) is 33.9 Å². The van der Waals surface area contributed by atoms with Crippen molar-refractivity contribution in [2.75, 3.05) is 33.7 Å². The van der Waals surface area contributed by atoms with Crippen LogP contribution in [0.5, 0.6) is 0 Å². The second-order valence-electron chi connectivity index (χ2n) is 8.57. The molecule has 0 bridgehead atoms. The normalized spacial score (nSPS) is 15.2. The second-order valence-corrected chi connectivity index (χ2v) is 9.85. The Kier molecular flexibility index (Phi) is 7.25. The molecule has 0 aliphatic carbocycles. The molecule has 0 saturated carbocycles. The summed E-state index contributed by atoms with van der Waals surface area (Å²) in [6, 6.07) is 3.69. The zero-order valence-corrected chi connectivity index (χ0v) is 19.3. The highest BCUT2D eigenvalue weighted by Crippen LogP contribution is 2.23. The van der Waals surface area contributed by atoms with Crippen LogP contribution >= 0.6 is 11.3 Å². The van der Waals surface area contributed by atoms with Crippen LogP contribution in [0.4, 0.5) is 0 Å². The van der Waals surface area contributed by atoms with Crippen LogP contribution in [0, 0.1) is 12.8 Å². The Bertz CT molecular complexity index is 888. The molecule has 1 unspecified atom stereocenters. The fourth-order valence-electron chi connectivity index (χ4n) is 3.74. The van der Waals surface area contributed by atoms with Crippen LogP contribution in [-0.2, 0) is 17.8 Å². The first-order valence-corrected chi connectivity index (χ1v) is 11.3. The molecular weight excluding hydrogens is 400 g/mol. The van der Waals surface area contributed by atoms with Crippen molar-refractivity contribution in [1.82, 2.24) is 29.9 Å². The van der Waals surface area contributed by atoms with Gasteiger partial charge in [-0.2, -0.15) is 0 Å². The van der Waals surface area contributed by atoms with Crippen LogP contribution in [0.3, 0.4) is 0 Å². The summed E-state index contributed by atoms with van der Waals surface area (Å²) in [4.78, 5) is 31.0. The van der Waals surface area contributed by atoms with Gasteiger partial charge in [-0.1, -0.05) is 13.8 Å². The van der Waals surface area contributed by atoms with E-state index in [0.717, 1.165) is 27.8 Å². The molecule has 0 fully saturated rings. The number of thiophene rings is 1. The summed E-state index contributed by atoms with van der Waals surface area (Å²) in [5.41, 5.74) is 0. The van der Waals surface area contributed by atoms with Crippen LogP contribution in [0.15, 0.2) is 12.1 Å². The van der Waals surface area contributed by atoms with E-state index in [1.807, 2.05) is 43.0 Å². The lowest BCUT2D eigenvalue weighted by molar-refractivity contribution is -0.122. The SMILES string of the molecule is Cc1ccc(C(=O)N2CCc3nnc(C(CC(C)C)NC(=O)CN(C)C)n3CC2)s1. The number of aromatic nitrogens is 3. The van der Waals surface area contributed by atoms with Crippen LogP contribution in [0.25, 0.3) is 0 Å². The molecule has 164 valence electrons. The second kappa shape index (κ2) is 9.70. The number of fused-ring (bicyclic) bond motifs is 1. The zero-order valence-electron chi connectivity index (χ0n) is 18.5. The molecule has 0 aromatic carbocycles. The lowest BCUT2D eigenvalue weighted by Crippen LogP contribution is -2.38. The van der Waals surface area contributed by atoms with Gasteiger partial charge < -0.3 is 19.7 Å². The van der Waals surface area contributed by atoms with E-state index < -0.39 is 0 Å². The third kappa shape index (κ3) is 5.46. The van der Waals surface area contributed by atoms with Gasteiger partial charge in [0, 0.05) is 30.9 Å². The molecule has 9 heteroatoms. The van der Waals surface area contributed by atoms with Crippen LogP contribution in [0.2, 0.25) is 0 Å². The summed E-state index contributed by atoms with van der Waals surface area (Å²) in [5.74, 6) is 2.10. The smallest absolute Gasteiger partial charge is 0.264 e. The predicted molar refractivity (Wildman–Crippen MR) is 118 cm³/mol. The Labute approximate surface area is 182 Å². The van der Waals surface area contributed by atoms with E-state index in [9.17, 15) is 9.59 Å². The fourth-order valence-corrected chi connectivity index (χ4v) is 4.57. The topological polar surface area (TPSA) is 83.4 Å². The highest BCUT2D eigenvalue weighted by atomic mass is 32.1. The molecule has 1 N–H and O–H groups in total. The minimum Gasteiger partial charge on any atom is -0.345 e. The van der Waals surface area contributed by atoms with Crippen molar-refractivity contribution in [3.63, 3.8) is 0 Å². The molecule has 8 nitrogen and oxygen atoms in total. The lowest BCUT2D eigenvalue weighted by Gasteiger charge is -2.23. The quantitative estimate of drug-likeness (QED) is 0.725. The molecule has 1 atom stereocenters. The van der Waals surface area contributed by atoms with E-state index in [1.54, 1.807) is 0 Å². The molecule has 2 aromatic heterocycles. The van der Waals surface area contributed by atoms with E-state index in [0.29, 0.717) is 38.5 Å². The van der Waals surface area contributed by atoms with Gasteiger partial charge in [-0.3, -0.25) is 9.59 Å². The maximum absolute atomic E-state index is 12.9. The van der Waals surface area contributed by atoms with Gasteiger partial charge in [0.25, 0.3) is 5.91 Å². The van der Waals surface area contributed by atoms with Crippen molar-refractivity contribution in [2.45, 2.75) is 46.2 Å². The minimum atomic E-state index is -0.194. The minimum absolute atomic E-state index is 0.0264. The summed E-state index contributed by atoms with van der Waals surface area (Å²) < 4.78 is 2.09. The molecular formula is C21H32N6O2S. The van der Waals surface area contributed by atoms with Gasteiger partial charge in [0.15, 0.2) is 5.82 Å². The number of aryl methyl sites for hydroxylation is 1. The number of nitrogens with one attached hydrogen (secondary N) is 1. The van der Waals surface area contributed by atoms with Gasteiger partial charge in [0.05, 0.1) is 17.5 Å². The van der Waals surface area contributed by atoms with E-state index in [-0.39, 0.29) is 17.9 Å². The maximum atomic E-state index is 12.9. The molecule has 1 aliphatic heterocycles. The largest absolute Gasteiger partial charge is 0.345 e. The highest BCUT2D eigenvalue weighted by Gasteiger charge is 2.27. The number of amides is 2. The highest BCUT2D eigenvalue weighted by molar-refractivity contribution is 7.13. The third-order valence-corrected chi connectivity index (χ3v) is 6.10. The van der Waals surface area contributed by atoms with Gasteiger partial charge in [-0.05, 0) is 45.5 Å². The lowest BCUT2D eigenvalue weighted by atomic mass is 10.0. The Morgan fingerprint density at radius 3 is 2.60 bits per heavy atom. The van der Waals surface area contributed by atoms with Gasteiger partial charge in [0.1, 0.15) is 5.82 Å². The van der Waals surface area contributed by atoms with Crippen molar-refractivity contribution in [3.8, 4) is 0 Å². The number of nitrogens with zero attached hydrogens (tertiary/aromatic N) is 5. The molecule has 1 aliphatic rings. The van der Waals surface area contributed by atoms with Crippen LogP contribution in [0.1, 0.15) is 52.5 Å². The molecule has 0 saturated heterocycles. The van der Waals surface area contributed by atoms with Crippen molar-refractivity contribution in [1.29, 1.82) is 0 Å². The number of rotatable bonds is 7. The number of carbonyl (C=O) groups is 2. The summed E-state index contributed by atoms with van der Waals surface area (Å²) in [5, 5.41) is 12.0. The first-order chi connectivity index (χ1) is 14.2. The fraction of sp³-hybridized carbons (Fsp3) is 0.619.